The summed E-state index contributed by atoms with van der Waals surface area (Å²) in [4.78, 5) is 0. The molecule has 1 heterocycles. The van der Waals surface area contributed by atoms with Crippen molar-refractivity contribution in [2.24, 2.45) is 5.41 Å². The van der Waals surface area contributed by atoms with Crippen LogP contribution in [-0.4, -0.2) is 25.7 Å². The molecule has 0 radical (unpaired) electrons. The molecule has 0 bridgehead atoms. The first-order chi connectivity index (χ1) is 5.79. The zero-order chi connectivity index (χ0) is 8.44. The van der Waals surface area contributed by atoms with Gasteiger partial charge in [-0.3, -0.25) is 0 Å². The molecule has 0 aromatic heterocycles. The molecule has 2 aliphatic rings. The van der Waals surface area contributed by atoms with Crippen LogP contribution in [0.5, 0.6) is 0 Å². The molecule has 2 fully saturated rings. The van der Waals surface area contributed by atoms with Gasteiger partial charge in [-0.25, -0.2) is 0 Å². The Kier molecular flexibility index (Phi) is 2.37. The molecule has 0 unspecified atom stereocenters. The zero-order valence-electron chi connectivity index (χ0n) is 8.03. The normalized spacial score (nSPS) is 28.8. The average molecular weight is 168 g/mol. The fourth-order valence-corrected chi connectivity index (χ4v) is 2.23. The molecule has 1 saturated carbocycles. The van der Waals surface area contributed by atoms with Crippen LogP contribution in [0.25, 0.3) is 0 Å². The van der Waals surface area contributed by atoms with Gasteiger partial charge < -0.3 is 10.6 Å². The lowest BCUT2D eigenvalue weighted by atomic mass is 9.88. The summed E-state index contributed by atoms with van der Waals surface area (Å²) in [6, 6.07) is 0.766. The lowest BCUT2D eigenvalue weighted by molar-refractivity contribution is 0.267. The lowest BCUT2D eigenvalue weighted by Crippen LogP contribution is -2.56. The average Bonchev–Trinajstić information content (AvgIpc) is 2.33. The molecule has 1 aliphatic carbocycles. The van der Waals surface area contributed by atoms with Gasteiger partial charge in [-0.05, 0) is 18.3 Å². The van der Waals surface area contributed by atoms with E-state index in [-0.39, 0.29) is 0 Å². The van der Waals surface area contributed by atoms with Crippen LogP contribution in [0, 0.1) is 5.41 Å². The third-order valence-corrected chi connectivity index (χ3v) is 3.41. The van der Waals surface area contributed by atoms with Crippen molar-refractivity contribution >= 4 is 0 Å². The highest BCUT2D eigenvalue weighted by molar-refractivity contribution is 4.87. The van der Waals surface area contributed by atoms with Crippen molar-refractivity contribution in [2.45, 2.75) is 38.6 Å². The molecule has 0 aromatic rings. The summed E-state index contributed by atoms with van der Waals surface area (Å²) in [6.45, 7) is 6.02. The van der Waals surface area contributed by atoms with Crippen molar-refractivity contribution in [2.75, 3.05) is 19.6 Å². The van der Waals surface area contributed by atoms with Crippen molar-refractivity contribution in [3.63, 3.8) is 0 Å². The van der Waals surface area contributed by atoms with Crippen molar-refractivity contribution in [3.8, 4) is 0 Å². The molecule has 1 saturated heterocycles. The van der Waals surface area contributed by atoms with Crippen molar-refractivity contribution in [3.05, 3.63) is 0 Å². The second-order valence-corrected chi connectivity index (χ2v) is 4.75. The van der Waals surface area contributed by atoms with Crippen LogP contribution in [0.2, 0.25) is 0 Å². The SMILES string of the molecule is CC1(CNC2CNC2)CCCC1. The fourth-order valence-electron chi connectivity index (χ4n) is 2.23. The molecule has 0 amide bonds. The highest BCUT2D eigenvalue weighted by Gasteiger charge is 2.29. The highest BCUT2D eigenvalue weighted by Crippen LogP contribution is 2.36. The van der Waals surface area contributed by atoms with E-state index < -0.39 is 0 Å². The summed E-state index contributed by atoms with van der Waals surface area (Å²) in [5, 5.41) is 6.93. The van der Waals surface area contributed by atoms with E-state index in [1.54, 1.807) is 0 Å². The molecule has 2 rings (SSSR count). The summed E-state index contributed by atoms with van der Waals surface area (Å²) in [7, 11) is 0. The van der Waals surface area contributed by atoms with Gasteiger partial charge in [0.25, 0.3) is 0 Å². The van der Waals surface area contributed by atoms with Crippen molar-refractivity contribution < 1.29 is 0 Å². The summed E-state index contributed by atoms with van der Waals surface area (Å²) in [5.41, 5.74) is 0.621. The minimum atomic E-state index is 0.621. The molecule has 2 nitrogen and oxygen atoms in total. The molecule has 12 heavy (non-hydrogen) atoms. The maximum Gasteiger partial charge on any atom is 0.0317 e. The minimum absolute atomic E-state index is 0.621. The summed E-state index contributed by atoms with van der Waals surface area (Å²) < 4.78 is 0. The van der Waals surface area contributed by atoms with Gasteiger partial charge in [0.05, 0.1) is 0 Å². The van der Waals surface area contributed by atoms with Gasteiger partial charge in [0.15, 0.2) is 0 Å². The first-order valence-corrected chi connectivity index (χ1v) is 5.23. The molecule has 2 heteroatoms. The Labute approximate surface area is 75.1 Å². The van der Waals surface area contributed by atoms with E-state index in [0.717, 1.165) is 6.04 Å². The quantitative estimate of drug-likeness (QED) is 0.660. The van der Waals surface area contributed by atoms with E-state index in [4.69, 9.17) is 0 Å². The Bertz CT molecular complexity index is 146. The summed E-state index contributed by atoms with van der Waals surface area (Å²) in [5.74, 6) is 0. The first kappa shape index (κ1) is 8.52. The smallest absolute Gasteiger partial charge is 0.0317 e. The van der Waals surface area contributed by atoms with Gasteiger partial charge >= 0.3 is 0 Å². The van der Waals surface area contributed by atoms with Crippen LogP contribution in [0.1, 0.15) is 32.6 Å². The van der Waals surface area contributed by atoms with Gasteiger partial charge in [0.1, 0.15) is 0 Å². The van der Waals surface area contributed by atoms with Crippen LogP contribution >= 0.6 is 0 Å². The maximum absolute atomic E-state index is 3.64. The number of hydrogen-bond acceptors (Lipinski definition) is 2. The van der Waals surface area contributed by atoms with Crippen LogP contribution in [-0.2, 0) is 0 Å². The Morgan fingerprint density at radius 2 is 2.00 bits per heavy atom. The molecule has 2 N–H and O–H groups in total. The van der Waals surface area contributed by atoms with Crippen LogP contribution < -0.4 is 10.6 Å². The largest absolute Gasteiger partial charge is 0.314 e. The molecule has 0 aromatic carbocycles. The highest BCUT2D eigenvalue weighted by atomic mass is 15.1. The van der Waals surface area contributed by atoms with Crippen LogP contribution in [0.3, 0.4) is 0 Å². The molecule has 70 valence electrons. The van der Waals surface area contributed by atoms with Gasteiger partial charge in [-0.1, -0.05) is 19.8 Å². The Balaban J connectivity index is 1.70. The molecule has 0 atom stereocenters. The van der Waals surface area contributed by atoms with Gasteiger partial charge in [0, 0.05) is 25.7 Å². The summed E-state index contributed by atoms with van der Waals surface area (Å²) >= 11 is 0. The van der Waals surface area contributed by atoms with Gasteiger partial charge in [-0.2, -0.15) is 0 Å². The standard InChI is InChI=1S/C10H20N2/c1-10(4-2-3-5-10)8-12-9-6-11-7-9/h9,11-12H,2-8H2,1H3. The minimum Gasteiger partial charge on any atom is -0.314 e. The maximum atomic E-state index is 3.64. The van der Waals surface area contributed by atoms with E-state index in [2.05, 4.69) is 17.6 Å². The monoisotopic (exact) mass is 168 g/mol. The second kappa shape index (κ2) is 3.35. The Morgan fingerprint density at radius 1 is 1.33 bits per heavy atom. The number of hydrogen-bond donors (Lipinski definition) is 2. The third kappa shape index (κ3) is 1.80. The van der Waals surface area contributed by atoms with Gasteiger partial charge in [-0.15, -0.1) is 0 Å². The van der Waals surface area contributed by atoms with E-state index in [1.165, 1.54) is 45.3 Å². The van der Waals surface area contributed by atoms with E-state index >= 15 is 0 Å². The predicted molar refractivity (Wildman–Crippen MR) is 51.2 cm³/mol. The van der Waals surface area contributed by atoms with E-state index in [9.17, 15) is 0 Å². The zero-order valence-corrected chi connectivity index (χ0v) is 8.03. The van der Waals surface area contributed by atoms with Crippen molar-refractivity contribution in [1.29, 1.82) is 0 Å². The molecule has 0 spiro atoms. The molecular weight excluding hydrogens is 148 g/mol. The molecular formula is C10H20N2. The number of nitrogens with one attached hydrogen (secondary N) is 2. The summed E-state index contributed by atoms with van der Waals surface area (Å²) in [6.07, 6.45) is 5.75. The lowest BCUT2D eigenvalue weighted by Gasteiger charge is -2.33. The van der Waals surface area contributed by atoms with Gasteiger partial charge in [0.2, 0.25) is 0 Å². The fraction of sp³-hybridized carbons (Fsp3) is 1.00. The molecule has 1 aliphatic heterocycles. The van der Waals surface area contributed by atoms with Crippen LogP contribution in [0.15, 0.2) is 0 Å². The topological polar surface area (TPSA) is 24.1 Å². The Morgan fingerprint density at radius 3 is 2.50 bits per heavy atom. The Hall–Kier alpha value is -0.0800. The van der Waals surface area contributed by atoms with E-state index in [1.807, 2.05) is 0 Å². The van der Waals surface area contributed by atoms with Crippen LogP contribution in [0.4, 0.5) is 0 Å². The predicted octanol–water partition coefficient (Wildman–Crippen LogP) is 1.13. The number of rotatable bonds is 3. The first-order valence-electron chi connectivity index (χ1n) is 5.23. The second-order valence-electron chi connectivity index (χ2n) is 4.75. The third-order valence-electron chi connectivity index (χ3n) is 3.41. The van der Waals surface area contributed by atoms with E-state index in [0.29, 0.717) is 5.41 Å². The van der Waals surface area contributed by atoms with Crippen molar-refractivity contribution in [1.82, 2.24) is 10.6 Å².